The number of halogens is 1. The largest absolute Gasteiger partial charge is 0.344 e. The molecule has 5 heteroatoms. The highest BCUT2D eigenvalue weighted by Crippen LogP contribution is 2.18. The Balaban J connectivity index is 1.63. The van der Waals surface area contributed by atoms with Gasteiger partial charge in [0.1, 0.15) is 5.82 Å². The van der Waals surface area contributed by atoms with Crippen molar-refractivity contribution >= 4 is 28.3 Å². The Morgan fingerprint density at radius 3 is 2.33 bits per heavy atom. The lowest BCUT2D eigenvalue weighted by Gasteiger charge is -2.08. The van der Waals surface area contributed by atoms with Crippen molar-refractivity contribution in [1.82, 2.24) is 5.32 Å². The van der Waals surface area contributed by atoms with Crippen molar-refractivity contribution in [3.63, 3.8) is 0 Å². The van der Waals surface area contributed by atoms with Gasteiger partial charge < -0.3 is 10.6 Å². The summed E-state index contributed by atoms with van der Waals surface area (Å²) >= 11 is 0. The van der Waals surface area contributed by atoms with E-state index in [1.165, 1.54) is 6.07 Å². The summed E-state index contributed by atoms with van der Waals surface area (Å²) in [5, 5.41) is 6.95. The number of carbonyl (C=O) groups excluding carboxylic acids is 2. The van der Waals surface area contributed by atoms with Crippen LogP contribution in [0.5, 0.6) is 0 Å². The van der Waals surface area contributed by atoms with Gasteiger partial charge in [-0.15, -0.1) is 0 Å². The lowest BCUT2D eigenvalue weighted by atomic mass is 10.1. The molecule has 3 aromatic carbocycles. The maximum absolute atomic E-state index is 13.5. The van der Waals surface area contributed by atoms with Crippen LogP contribution in [0.25, 0.3) is 10.8 Å². The van der Waals surface area contributed by atoms with Gasteiger partial charge in [0.15, 0.2) is 0 Å². The number of carbonyl (C=O) groups is 2. The molecule has 0 aliphatic rings. The molecule has 2 N–H and O–H groups in total. The van der Waals surface area contributed by atoms with Gasteiger partial charge >= 0.3 is 11.8 Å². The number of nitrogens with one attached hydrogen (secondary N) is 2. The molecular formula is C19H15FN2O2. The summed E-state index contributed by atoms with van der Waals surface area (Å²) in [6.45, 7) is -0.0450. The van der Waals surface area contributed by atoms with Gasteiger partial charge in [0.2, 0.25) is 0 Å². The van der Waals surface area contributed by atoms with E-state index in [1.54, 1.807) is 30.3 Å². The molecule has 0 aromatic heterocycles. The molecule has 0 fully saturated rings. The fourth-order valence-corrected chi connectivity index (χ4v) is 2.35. The Kier molecular flexibility index (Phi) is 4.52. The second kappa shape index (κ2) is 6.91. The fraction of sp³-hybridized carbons (Fsp3) is 0.0526. The molecule has 2 amide bonds. The van der Waals surface area contributed by atoms with Crippen molar-refractivity contribution in [3.8, 4) is 0 Å². The summed E-state index contributed by atoms with van der Waals surface area (Å²) in [5.41, 5.74) is 0.851. The van der Waals surface area contributed by atoms with Crippen molar-refractivity contribution in [2.45, 2.75) is 6.54 Å². The molecule has 0 heterocycles. The minimum Gasteiger partial charge on any atom is -0.344 e. The minimum absolute atomic E-state index is 0.0450. The molecule has 0 radical (unpaired) electrons. The molecule has 3 aromatic rings. The lowest BCUT2D eigenvalue weighted by Crippen LogP contribution is -2.35. The molecule has 0 atom stereocenters. The third-order valence-corrected chi connectivity index (χ3v) is 3.61. The quantitative estimate of drug-likeness (QED) is 0.727. The molecule has 0 saturated carbocycles. The molecule has 0 aliphatic heterocycles. The highest BCUT2D eigenvalue weighted by molar-refractivity contribution is 6.39. The molecule has 0 unspecified atom stereocenters. The molecule has 0 spiro atoms. The topological polar surface area (TPSA) is 58.2 Å². The summed E-state index contributed by atoms with van der Waals surface area (Å²) in [5.74, 6) is -2.03. The van der Waals surface area contributed by atoms with Crippen LogP contribution in [0.2, 0.25) is 0 Å². The Bertz CT molecular complexity index is 909. The van der Waals surface area contributed by atoms with Crippen molar-refractivity contribution in [2.75, 3.05) is 5.32 Å². The summed E-state index contributed by atoms with van der Waals surface area (Å²) in [7, 11) is 0. The number of amides is 2. The Morgan fingerprint density at radius 2 is 1.54 bits per heavy atom. The maximum Gasteiger partial charge on any atom is 0.313 e. The first-order chi connectivity index (χ1) is 11.6. The second-order valence-corrected chi connectivity index (χ2v) is 5.29. The van der Waals surface area contributed by atoms with E-state index in [1.807, 2.05) is 30.3 Å². The monoisotopic (exact) mass is 322 g/mol. The SMILES string of the molecule is O=C(NCc1ccccc1F)C(=O)Nc1ccc2ccccc2c1. The smallest absolute Gasteiger partial charge is 0.313 e. The van der Waals surface area contributed by atoms with Crippen LogP contribution in [0.4, 0.5) is 10.1 Å². The predicted octanol–water partition coefficient (Wildman–Crippen LogP) is 3.23. The zero-order valence-electron chi connectivity index (χ0n) is 12.8. The minimum atomic E-state index is -0.814. The van der Waals surface area contributed by atoms with Crippen molar-refractivity contribution in [1.29, 1.82) is 0 Å². The molecule has 120 valence electrons. The fourth-order valence-electron chi connectivity index (χ4n) is 2.35. The van der Waals surface area contributed by atoms with Crippen LogP contribution < -0.4 is 10.6 Å². The van der Waals surface area contributed by atoms with Gasteiger partial charge in [-0.2, -0.15) is 0 Å². The van der Waals surface area contributed by atoms with E-state index in [2.05, 4.69) is 10.6 Å². The first-order valence-electron chi connectivity index (χ1n) is 7.45. The third kappa shape index (κ3) is 3.57. The summed E-state index contributed by atoms with van der Waals surface area (Å²) in [6, 6.07) is 19.2. The number of hydrogen-bond acceptors (Lipinski definition) is 2. The maximum atomic E-state index is 13.5. The Labute approximate surface area is 138 Å². The van der Waals surface area contributed by atoms with E-state index in [0.29, 0.717) is 11.3 Å². The van der Waals surface area contributed by atoms with E-state index in [-0.39, 0.29) is 6.54 Å². The summed E-state index contributed by atoms with van der Waals surface area (Å²) < 4.78 is 13.5. The summed E-state index contributed by atoms with van der Waals surface area (Å²) in [6.07, 6.45) is 0. The van der Waals surface area contributed by atoms with Gasteiger partial charge in [-0.25, -0.2) is 4.39 Å². The van der Waals surface area contributed by atoms with Gasteiger partial charge in [0, 0.05) is 17.8 Å². The normalized spacial score (nSPS) is 10.4. The van der Waals surface area contributed by atoms with Crippen LogP contribution in [-0.4, -0.2) is 11.8 Å². The zero-order chi connectivity index (χ0) is 16.9. The van der Waals surface area contributed by atoms with Crippen LogP contribution in [0.15, 0.2) is 66.7 Å². The van der Waals surface area contributed by atoms with E-state index in [4.69, 9.17) is 0 Å². The van der Waals surface area contributed by atoms with Gasteiger partial charge in [-0.3, -0.25) is 9.59 Å². The highest BCUT2D eigenvalue weighted by atomic mass is 19.1. The molecule has 0 aliphatic carbocycles. The predicted molar refractivity (Wildman–Crippen MR) is 90.8 cm³/mol. The highest BCUT2D eigenvalue weighted by Gasteiger charge is 2.14. The average Bonchev–Trinajstić information content (AvgIpc) is 2.60. The number of benzene rings is 3. The zero-order valence-corrected chi connectivity index (χ0v) is 12.8. The van der Waals surface area contributed by atoms with E-state index in [0.717, 1.165) is 10.8 Å². The number of anilines is 1. The van der Waals surface area contributed by atoms with Crippen molar-refractivity contribution < 1.29 is 14.0 Å². The van der Waals surface area contributed by atoms with E-state index < -0.39 is 17.6 Å². The van der Waals surface area contributed by atoms with E-state index in [9.17, 15) is 14.0 Å². The molecule has 24 heavy (non-hydrogen) atoms. The first-order valence-corrected chi connectivity index (χ1v) is 7.45. The molecule has 4 nitrogen and oxygen atoms in total. The lowest BCUT2D eigenvalue weighted by molar-refractivity contribution is -0.136. The number of fused-ring (bicyclic) bond motifs is 1. The van der Waals surface area contributed by atoms with Crippen LogP contribution in [0.1, 0.15) is 5.56 Å². The third-order valence-electron chi connectivity index (χ3n) is 3.61. The van der Waals surface area contributed by atoms with Crippen LogP contribution >= 0.6 is 0 Å². The van der Waals surface area contributed by atoms with Crippen LogP contribution in [0.3, 0.4) is 0 Å². The Hall–Kier alpha value is -3.21. The second-order valence-electron chi connectivity index (χ2n) is 5.29. The van der Waals surface area contributed by atoms with Gasteiger partial charge in [0.05, 0.1) is 0 Å². The van der Waals surface area contributed by atoms with Crippen molar-refractivity contribution in [2.24, 2.45) is 0 Å². The number of rotatable bonds is 3. The van der Waals surface area contributed by atoms with Gasteiger partial charge in [-0.1, -0.05) is 48.5 Å². The number of hydrogen-bond donors (Lipinski definition) is 2. The van der Waals surface area contributed by atoms with Crippen molar-refractivity contribution in [3.05, 3.63) is 78.1 Å². The average molecular weight is 322 g/mol. The molecule has 0 bridgehead atoms. The molecule has 0 saturated heterocycles. The molecular weight excluding hydrogens is 307 g/mol. The molecule has 3 rings (SSSR count). The van der Waals surface area contributed by atoms with Gasteiger partial charge in [-0.05, 0) is 29.0 Å². The standard InChI is InChI=1S/C19H15FN2O2/c20-17-8-4-3-7-15(17)12-21-18(23)19(24)22-16-10-9-13-5-1-2-6-14(13)11-16/h1-11H,12H2,(H,21,23)(H,22,24). The Morgan fingerprint density at radius 1 is 0.833 bits per heavy atom. The first kappa shape index (κ1) is 15.7. The summed E-state index contributed by atoms with van der Waals surface area (Å²) in [4.78, 5) is 23.8. The van der Waals surface area contributed by atoms with Crippen LogP contribution in [0, 0.1) is 5.82 Å². The van der Waals surface area contributed by atoms with Gasteiger partial charge in [0.25, 0.3) is 0 Å². The van der Waals surface area contributed by atoms with E-state index >= 15 is 0 Å². The van der Waals surface area contributed by atoms with Crippen LogP contribution in [-0.2, 0) is 16.1 Å².